The molecule has 10 heteroatoms. The van der Waals surface area contributed by atoms with E-state index >= 15 is 0 Å². The van der Waals surface area contributed by atoms with Gasteiger partial charge in [-0.2, -0.15) is 5.10 Å². The molecule has 4 N–H and O–H groups in total. The number of aromatic nitrogens is 7. The van der Waals surface area contributed by atoms with Crippen molar-refractivity contribution in [2.24, 2.45) is 0 Å². The van der Waals surface area contributed by atoms with Crippen molar-refractivity contribution in [2.45, 2.75) is 31.2 Å². The van der Waals surface area contributed by atoms with Gasteiger partial charge in [0, 0.05) is 11.9 Å². The maximum Gasteiger partial charge on any atom is 0.271 e. The molecule has 3 rings (SSSR count). The minimum absolute atomic E-state index is 0.0710. The Morgan fingerprint density at radius 2 is 2.04 bits per heavy atom. The van der Waals surface area contributed by atoms with Crippen LogP contribution in [-0.2, 0) is 0 Å². The van der Waals surface area contributed by atoms with Gasteiger partial charge in [-0.05, 0) is 32.9 Å². The first-order valence-electron chi connectivity index (χ1n) is 6.95. The van der Waals surface area contributed by atoms with E-state index in [0.717, 1.165) is 11.4 Å². The number of aryl methyl sites for hydroxylation is 2. The van der Waals surface area contributed by atoms with Gasteiger partial charge < -0.3 is 11.6 Å². The number of anilines is 1. The number of rotatable bonds is 4. The molecule has 0 aliphatic rings. The van der Waals surface area contributed by atoms with Crippen molar-refractivity contribution in [1.82, 2.24) is 34.6 Å². The highest BCUT2D eigenvalue weighted by Gasteiger charge is 2.19. The third-order valence-electron chi connectivity index (χ3n) is 3.19. The van der Waals surface area contributed by atoms with Crippen molar-refractivity contribution in [3.8, 4) is 5.95 Å². The minimum Gasteiger partial charge on any atom is -0.384 e. The Kier molecular flexibility index (Phi) is 3.90. The SMILES string of the molecule is Cc1cc(C)n(-c2nnc(SC(C)c3nccc(N)n3)n2N)n1. The summed E-state index contributed by atoms with van der Waals surface area (Å²) in [6.45, 7) is 5.80. The molecule has 3 aromatic rings. The maximum absolute atomic E-state index is 6.11. The second-order valence-corrected chi connectivity index (χ2v) is 6.40. The summed E-state index contributed by atoms with van der Waals surface area (Å²) < 4.78 is 3.07. The number of hydrogen-bond acceptors (Lipinski definition) is 8. The van der Waals surface area contributed by atoms with Gasteiger partial charge in [-0.15, -0.1) is 10.2 Å². The third kappa shape index (κ3) is 2.97. The van der Waals surface area contributed by atoms with E-state index in [4.69, 9.17) is 11.6 Å². The van der Waals surface area contributed by atoms with Gasteiger partial charge in [0.25, 0.3) is 5.95 Å². The van der Waals surface area contributed by atoms with Crippen molar-refractivity contribution >= 4 is 17.6 Å². The first-order chi connectivity index (χ1) is 11.0. The number of nitrogens with zero attached hydrogens (tertiary/aromatic N) is 7. The van der Waals surface area contributed by atoms with E-state index in [1.165, 1.54) is 16.4 Å². The molecule has 0 fully saturated rings. The standard InChI is InChI=1S/C13H17N9S/c1-7-6-8(2)22(20-7)12-18-19-13(21(12)15)23-9(3)11-16-5-4-10(14)17-11/h4-6,9H,15H2,1-3H3,(H2,14,16,17). The highest BCUT2D eigenvalue weighted by atomic mass is 32.2. The van der Waals surface area contributed by atoms with Crippen molar-refractivity contribution in [3.05, 3.63) is 35.5 Å². The van der Waals surface area contributed by atoms with Crippen LogP contribution in [0.15, 0.2) is 23.5 Å². The van der Waals surface area contributed by atoms with E-state index in [-0.39, 0.29) is 5.25 Å². The molecule has 0 radical (unpaired) electrons. The van der Waals surface area contributed by atoms with Gasteiger partial charge in [-0.3, -0.25) is 0 Å². The Morgan fingerprint density at radius 3 is 2.70 bits per heavy atom. The van der Waals surface area contributed by atoms with E-state index in [9.17, 15) is 0 Å². The lowest BCUT2D eigenvalue weighted by atomic mass is 10.4. The van der Waals surface area contributed by atoms with Gasteiger partial charge in [0.05, 0.1) is 10.9 Å². The van der Waals surface area contributed by atoms with Crippen molar-refractivity contribution in [1.29, 1.82) is 0 Å². The topological polar surface area (TPSA) is 126 Å². The van der Waals surface area contributed by atoms with E-state index in [2.05, 4.69) is 25.3 Å². The lowest BCUT2D eigenvalue weighted by Gasteiger charge is -2.09. The first-order valence-corrected chi connectivity index (χ1v) is 7.83. The molecule has 0 bridgehead atoms. The maximum atomic E-state index is 6.11. The van der Waals surface area contributed by atoms with E-state index in [1.54, 1.807) is 16.9 Å². The summed E-state index contributed by atoms with van der Waals surface area (Å²) in [7, 11) is 0. The number of hydrogen-bond donors (Lipinski definition) is 2. The van der Waals surface area contributed by atoms with Crippen LogP contribution in [0.4, 0.5) is 5.82 Å². The minimum atomic E-state index is -0.0710. The number of nitrogens with two attached hydrogens (primary N) is 2. The van der Waals surface area contributed by atoms with Gasteiger partial charge in [0.2, 0.25) is 5.16 Å². The van der Waals surface area contributed by atoms with Crippen LogP contribution in [0.3, 0.4) is 0 Å². The van der Waals surface area contributed by atoms with Crippen molar-refractivity contribution in [3.63, 3.8) is 0 Å². The fourth-order valence-corrected chi connectivity index (χ4v) is 2.94. The van der Waals surface area contributed by atoms with Crippen LogP contribution in [0.5, 0.6) is 0 Å². The van der Waals surface area contributed by atoms with Gasteiger partial charge in [-0.1, -0.05) is 11.8 Å². The van der Waals surface area contributed by atoms with E-state index in [0.29, 0.717) is 22.7 Å². The van der Waals surface area contributed by atoms with Gasteiger partial charge >= 0.3 is 0 Å². The zero-order valence-electron chi connectivity index (χ0n) is 13.0. The van der Waals surface area contributed by atoms with E-state index in [1.807, 2.05) is 26.8 Å². The average Bonchev–Trinajstić information content (AvgIpc) is 3.02. The molecule has 0 saturated heterocycles. The second-order valence-electron chi connectivity index (χ2n) is 5.09. The highest BCUT2D eigenvalue weighted by Crippen LogP contribution is 2.31. The van der Waals surface area contributed by atoms with Crippen LogP contribution in [0.1, 0.15) is 29.4 Å². The van der Waals surface area contributed by atoms with Crippen LogP contribution >= 0.6 is 11.8 Å². The molecule has 0 aliphatic heterocycles. The van der Waals surface area contributed by atoms with Gasteiger partial charge in [0.1, 0.15) is 11.6 Å². The Morgan fingerprint density at radius 1 is 1.26 bits per heavy atom. The molecule has 0 amide bonds. The molecular weight excluding hydrogens is 314 g/mol. The zero-order chi connectivity index (χ0) is 16.6. The lowest BCUT2D eigenvalue weighted by Crippen LogP contribution is -2.17. The molecule has 1 atom stereocenters. The fraction of sp³-hybridized carbons (Fsp3) is 0.308. The molecule has 3 heterocycles. The Bertz CT molecular complexity index is 838. The van der Waals surface area contributed by atoms with Crippen LogP contribution in [0, 0.1) is 13.8 Å². The molecular formula is C13H17N9S. The first kappa shape index (κ1) is 15.3. The highest BCUT2D eigenvalue weighted by molar-refractivity contribution is 7.99. The Labute approximate surface area is 137 Å². The molecule has 120 valence electrons. The molecule has 23 heavy (non-hydrogen) atoms. The quantitative estimate of drug-likeness (QED) is 0.536. The molecule has 0 aromatic carbocycles. The predicted octanol–water partition coefficient (Wildman–Crippen LogP) is 1.02. The van der Waals surface area contributed by atoms with Crippen LogP contribution in [-0.4, -0.2) is 34.6 Å². The summed E-state index contributed by atoms with van der Waals surface area (Å²) >= 11 is 1.40. The molecule has 3 aromatic heterocycles. The Balaban J connectivity index is 1.86. The third-order valence-corrected chi connectivity index (χ3v) is 4.24. The summed E-state index contributed by atoms with van der Waals surface area (Å²) in [6.07, 6.45) is 1.63. The summed E-state index contributed by atoms with van der Waals surface area (Å²) in [5, 5.41) is 13.1. The monoisotopic (exact) mass is 331 g/mol. The molecule has 0 spiro atoms. The smallest absolute Gasteiger partial charge is 0.271 e. The predicted molar refractivity (Wildman–Crippen MR) is 87.5 cm³/mol. The summed E-state index contributed by atoms with van der Waals surface area (Å²) in [6, 6.07) is 3.60. The lowest BCUT2D eigenvalue weighted by molar-refractivity contribution is 0.726. The Hall–Kier alpha value is -2.62. The molecule has 0 saturated carbocycles. The fourth-order valence-electron chi connectivity index (χ4n) is 2.12. The van der Waals surface area contributed by atoms with Crippen LogP contribution in [0.25, 0.3) is 5.95 Å². The molecule has 0 aliphatic carbocycles. The normalized spacial score (nSPS) is 12.5. The summed E-state index contributed by atoms with van der Waals surface area (Å²) in [4.78, 5) is 8.43. The molecule has 1 unspecified atom stereocenters. The van der Waals surface area contributed by atoms with Gasteiger partial charge in [0.15, 0.2) is 0 Å². The van der Waals surface area contributed by atoms with Crippen molar-refractivity contribution < 1.29 is 0 Å². The molecule has 9 nitrogen and oxygen atoms in total. The van der Waals surface area contributed by atoms with E-state index < -0.39 is 0 Å². The zero-order valence-corrected chi connectivity index (χ0v) is 13.8. The van der Waals surface area contributed by atoms with Crippen LogP contribution in [0.2, 0.25) is 0 Å². The van der Waals surface area contributed by atoms with Crippen LogP contribution < -0.4 is 11.6 Å². The number of thioether (sulfide) groups is 1. The van der Waals surface area contributed by atoms with Crippen molar-refractivity contribution in [2.75, 3.05) is 11.6 Å². The largest absolute Gasteiger partial charge is 0.384 e. The second kappa shape index (κ2) is 5.88. The summed E-state index contributed by atoms with van der Waals surface area (Å²) in [5.74, 6) is 7.62. The van der Waals surface area contributed by atoms with Gasteiger partial charge in [-0.25, -0.2) is 19.3 Å². The summed E-state index contributed by atoms with van der Waals surface area (Å²) in [5.41, 5.74) is 7.51. The number of nitrogen functional groups attached to an aromatic ring is 2. The average molecular weight is 331 g/mol.